The lowest BCUT2D eigenvalue weighted by Crippen LogP contribution is -2.43. The molecule has 124 valence electrons. The van der Waals surface area contributed by atoms with Gasteiger partial charge in [0, 0.05) is 43.3 Å². The van der Waals surface area contributed by atoms with Crippen molar-refractivity contribution in [1.82, 2.24) is 14.8 Å². The number of nitrogens with one attached hydrogen (secondary N) is 1. The van der Waals surface area contributed by atoms with E-state index in [1.165, 1.54) is 29.2 Å². The molecule has 2 aromatic rings. The number of hydrogen-bond donors (Lipinski definition) is 1. The van der Waals surface area contributed by atoms with Gasteiger partial charge in [-0.25, -0.2) is 4.98 Å². The van der Waals surface area contributed by atoms with Crippen molar-refractivity contribution in [2.24, 2.45) is 0 Å². The Morgan fingerprint density at radius 3 is 2.65 bits per heavy atom. The molecule has 0 saturated carbocycles. The van der Waals surface area contributed by atoms with Crippen molar-refractivity contribution in [1.29, 1.82) is 0 Å². The predicted octanol–water partition coefficient (Wildman–Crippen LogP) is 3.12. The van der Waals surface area contributed by atoms with Crippen molar-refractivity contribution in [2.45, 2.75) is 26.9 Å². The van der Waals surface area contributed by atoms with Gasteiger partial charge >= 0.3 is 0 Å². The summed E-state index contributed by atoms with van der Waals surface area (Å²) in [6.45, 7) is 10.7. The van der Waals surface area contributed by atoms with E-state index in [0.29, 0.717) is 0 Å². The van der Waals surface area contributed by atoms with E-state index >= 15 is 0 Å². The topological polar surface area (TPSA) is 31.4 Å². The molecule has 1 N–H and O–H groups in total. The molecule has 0 spiro atoms. The largest absolute Gasteiger partial charge is 0.380 e. The second-order valence-electron chi connectivity index (χ2n) is 6.37. The second kappa shape index (κ2) is 7.43. The second-order valence-corrected chi connectivity index (χ2v) is 7.66. The Morgan fingerprint density at radius 2 is 1.96 bits per heavy atom. The van der Waals surface area contributed by atoms with E-state index in [1.54, 1.807) is 11.3 Å². The summed E-state index contributed by atoms with van der Waals surface area (Å²) < 4.78 is 0. The highest BCUT2D eigenvalue weighted by molar-refractivity contribution is 7.11. The van der Waals surface area contributed by atoms with Crippen LogP contribution in [0.25, 0.3) is 0 Å². The lowest BCUT2D eigenvalue weighted by molar-refractivity contribution is 0.148. The van der Waals surface area contributed by atoms with Gasteiger partial charge in [-0.3, -0.25) is 4.90 Å². The molecule has 1 aromatic heterocycles. The minimum absolute atomic E-state index is 0.856. The van der Waals surface area contributed by atoms with Gasteiger partial charge in [-0.15, -0.1) is 11.3 Å². The average molecular weight is 331 g/mol. The molecular formula is C18H26N4S. The van der Waals surface area contributed by atoms with Crippen LogP contribution in [0.5, 0.6) is 0 Å². The number of aromatic nitrogens is 1. The van der Waals surface area contributed by atoms with Crippen molar-refractivity contribution < 1.29 is 0 Å². The Bertz CT molecular complexity index is 644. The van der Waals surface area contributed by atoms with Crippen LogP contribution in [0, 0.1) is 13.8 Å². The van der Waals surface area contributed by atoms with Crippen LogP contribution in [0.15, 0.2) is 24.3 Å². The molecule has 0 atom stereocenters. The van der Waals surface area contributed by atoms with E-state index in [1.807, 2.05) is 0 Å². The third-order valence-corrected chi connectivity index (χ3v) is 5.45. The third kappa shape index (κ3) is 4.53. The molecule has 1 aliphatic heterocycles. The molecule has 4 nitrogen and oxygen atoms in total. The lowest BCUT2D eigenvalue weighted by atomic mass is 10.1. The van der Waals surface area contributed by atoms with Crippen LogP contribution in [0.3, 0.4) is 0 Å². The van der Waals surface area contributed by atoms with Gasteiger partial charge in [0.1, 0.15) is 0 Å². The molecular weight excluding hydrogens is 304 g/mol. The number of aryl methyl sites for hydroxylation is 2. The molecule has 1 aromatic carbocycles. The Hall–Kier alpha value is -1.43. The van der Waals surface area contributed by atoms with Crippen molar-refractivity contribution in [3.05, 3.63) is 45.4 Å². The first-order valence-electron chi connectivity index (χ1n) is 8.27. The molecule has 3 rings (SSSR count). The molecule has 2 heterocycles. The highest BCUT2D eigenvalue weighted by Gasteiger charge is 2.13. The van der Waals surface area contributed by atoms with E-state index in [0.717, 1.165) is 36.9 Å². The maximum Gasteiger partial charge on any atom is 0.0900 e. The third-order valence-electron chi connectivity index (χ3n) is 4.38. The number of hydrogen-bond acceptors (Lipinski definition) is 5. The minimum Gasteiger partial charge on any atom is -0.380 e. The first kappa shape index (κ1) is 16.4. The predicted molar refractivity (Wildman–Crippen MR) is 98.1 cm³/mol. The molecule has 0 amide bonds. The minimum atomic E-state index is 0.856. The number of rotatable bonds is 5. The lowest BCUT2D eigenvalue weighted by Gasteiger charge is -2.32. The molecule has 0 radical (unpaired) electrons. The summed E-state index contributed by atoms with van der Waals surface area (Å²) in [5.74, 6) is 0. The normalized spacial score (nSPS) is 16.7. The summed E-state index contributed by atoms with van der Waals surface area (Å²) >= 11 is 1.78. The van der Waals surface area contributed by atoms with Crippen molar-refractivity contribution in [2.75, 3.05) is 38.5 Å². The van der Waals surface area contributed by atoms with E-state index in [2.05, 4.69) is 65.3 Å². The van der Waals surface area contributed by atoms with E-state index in [9.17, 15) is 0 Å². The van der Waals surface area contributed by atoms with E-state index in [-0.39, 0.29) is 0 Å². The Labute approximate surface area is 143 Å². The Kier molecular flexibility index (Phi) is 5.30. The van der Waals surface area contributed by atoms with Crippen molar-refractivity contribution in [3.63, 3.8) is 0 Å². The number of benzene rings is 1. The van der Waals surface area contributed by atoms with Crippen LogP contribution >= 0.6 is 11.3 Å². The van der Waals surface area contributed by atoms with Crippen LogP contribution in [-0.4, -0.2) is 48.0 Å². The highest BCUT2D eigenvalue weighted by atomic mass is 32.1. The van der Waals surface area contributed by atoms with Gasteiger partial charge in [0.05, 0.1) is 17.2 Å². The fraction of sp³-hybridized carbons (Fsp3) is 0.500. The van der Waals surface area contributed by atoms with E-state index in [4.69, 9.17) is 0 Å². The zero-order valence-corrected chi connectivity index (χ0v) is 15.1. The van der Waals surface area contributed by atoms with Gasteiger partial charge < -0.3 is 10.2 Å². The summed E-state index contributed by atoms with van der Waals surface area (Å²) in [7, 11) is 2.20. The molecule has 0 unspecified atom stereocenters. The SMILES string of the molecule is Cc1nc(C)c(CNc2cccc(CN3CCN(C)CC3)c2)s1. The van der Waals surface area contributed by atoms with Crippen LogP contribution in [0.2, 0.25) is 0 Å². The van der Waals surface area contributed by atoms with Gasteiger partial charge in [-0.1, -0.05) is 12.1 Å². The monoisotopic (exact) mass is 330 g/mol. The van der Waals surface area contributed by atoms with Gasteiger partial charge in [-0.05, 0) is 38.6 Å². The van der Waals surface area contributed by atoms with Crippen LogP contribution in [0.1, 0.15) is 21.1 Å². The molecule has 1 saturated heterocycles. The first-order chi connectivity index (χ1) is 11.1. The zero-order valence-electron chi connectivity index (χ0n) is 14.3. The van der Waals surface area contributed by atoms with Gasteiger partial charge in [0.2, 0.25) is 0 Å². The van der Waals surface area contributed by atoms with Gasteiger partial charge in [0.15, 0.2) is 0 Å². The van der Waals surface area contributed by atoms with Crippen LogP contribution < -0.4 is 5.32 Å². The fourth-order valence-electron chi connectivity index (χ4n) is 2.96. The average Bonchev–Trinajstić information content (AvgIpc) is 2.86. The number of piperazine rings is 1. The Morgan fingerprint density at radius 1 is 1.17 bits per heavy atom. The molecule has 0 aliphatic carbocycles. The molecule has 5 heteroatoms. The fourth-order valence-corrected chi connectivity index (χ4v) is 3.84. The smallest absolute Gasteiger partial charge is 0.0900 e. The number of anilines is 1. The first-order valence-corrected chi connectivity index (χ1v) is 9.08. The standard InChI is InChI=1S/C18H26N4S/c1-14-18(23-15(2)20-14)12-19-17-6-4-5-16(11-17)13-22-9-7-21(3)8-10-22/h4-6,11,19H,7-10,12-13H2,1-3H3. The summed E-state index contributed by atoms with van der Waals surface area (Å²) in [4.78, 5) is 10.8. The highest BCUT2D eigenvalue weighted by Crippen LogP contribution is 2.20. The number of likely N-dealkylation sites (N-methyl/N-ethyl adjacent to an activating group) is 1. The van der Waals surface area contributed by atoms with Crippen LogP contribution in [0.4, 0.5) is 5.69 Å². The maximum atomic E-state index is 4.49. The van der Waals surface area contributed by atoms with Crippen molar-refractivity contribution in [3.8, 4) is 0 Å². The summed E-state index contributed by atoms with van der Waals surface area (Å²) in [6, 6.07) is 8.81. The number of thiazole rings is 1. The zero-order chi connectivity index (χ0) is 16.2. The quantitative estimate of drug-likeness (QED) is 0.913. The molecule has 1 fully saturated rings. The molecule has 23 heavy (non-hydrogen) atoms. The molecule has 1 aliphatic rings. The van der Waals surface area contributed by atoms with Gasteiger partial charge in [0.25, 0.3) is 0 Å². The van der Waals surface area contributed by atoms with Crippen LogP contribution in [-0.2, 0) is 13.1 Å². The van der Waals surface area contributed by atoms with Gasteiger partial charge in [-0.2, -0.15) is 0 Å². The van der Waals surface area contributed by atoms with E-state index < -0.39 is 0 Å². The molecule has 0 bridgehead atoms. The number of nitrogens with zero attached hydrogens (tertiary/aromatic N) is 3. The summed E-state index contributed by atoms with van der Waals surface area (Å²) in [5, 5.41) is 4.69. The summed E-state index contributed by atoms with van der Waals surface area (Å²) in [5.41, 5.74) is 3.73. The maximum absolute atomic E-state index is 4.49. The van der Waals surface area contributed by atoms with Crippen molar-refractivity contribution >= 4 is 17.0 Å². The summed E-state index contributed by atoms with van der Waals surface area (Å²) in [6.07, 6.45) is 0. The Balaban J connectivity index is 1.57.